The number of aromatic hydroxyl groups is 1. The zero-order chi connectivity index (χ0) is 25.7. The maximum Gasteiger partial charge on any atom is 0.291 e. The first-order valence-electron chi connectivity index (χ1n) is 12.1. The Hall–Kier alpha value is -3.40. The number of anilines is 1. The van der Waals surface area contributed by atoms with Gasteiger partial charge in [0.05, 0.1) is 5.69 Å². The molecule has 1 saturated carbocycles. The van der Waals surface area contributed by atoms with Crippen molar-refractivity contribution in [2.45, 2.75) is 52.6 Å². The number of aromatic nitrogens is 3. The molecule has 2 amide bonds. The number of aryl methyl sites for hydroxylation is 1. The van der Waals surface area contributed by atoms with Crippen LogP contribution in [-0.4, -0.2) is 43.7 Å². The molecule has 1 aliphatic carbocycles. The van der Waals surface area contributed by atoms with Gasteiger partial charge in [0.2, 0.25) is 5.88 Å². The van der Waals surface area contributed by atoms with Gasteiger partial charge in [0.1, 0.15) is 5.65 Å². The molecule has 188 valence electrons. The van der Waals surface area contributed by atoms with Gasteiger partial charge in [-0.25, -0.2) is 0 Å². The van der Waals surface area contributed by atoms with Gasteiger partial charge in [-0.05, 0) is 61.9 Å². The Balaban J connectivity index is 1.57. The molecule has 0 atom stereocenters. The SMILES string of the molecule is Cc1nn2c(=O)c(C(=O)NC3CC3)c(O)n(CC(C)C)c2c1/C=C/C(=O)N1CCc2cc(Br)ccc21. The molecular formula is C26H28BrN5O4. The van der Waals surface area contributed by atoms with Gasteiger partial charge < -0.3 is 15.3 Å². The van der Waals surface area contributed by atoms with Gasteiger partial charge in [0.15, 0.2) is 5.56 Å². The van der Waals surface area contributed by atoms with Crippen LogP contribution in [0.15, 0.2) is 33.5 Å². The molecule has 9 nitrogen and oxygen atoms in total. The fourth-order valence-corrected chi connectivity index (χ4v) is 5.03. The summed E-state index contributed by atoms with van der Waals surface area (Å²) in [6, 6.07) is 5.89. The van der Waals surface area contributed by atoms with Gasteiger partial charge >= 0.3 is 0 Å². The fraction of sp³-hybridized carbons (Fsp3) is 0.385. The molecule has 2 aliphatic rings. The molecular weight excluding hydrogens is 526 g/mol. The molecule has 0 radical (unpaired) electrons. The lowest BCUT2D eigenvalue weighted by molar-refractivity contribution is -0.114. The van der Waals surface area contributed by atoms with Gasteiger partial charge in [-0.15, -0.1) is 0 Å². The quantitative estimate of drug-likeness (QED) is 0.454. The van der Waals surface area contributed by atoms with Crippen molar-refractivity contribution in [3.8, 4) is 5.88 Å². The lowest BCUT2D eigenvalue weighted by Crippen LogP contribution is -2.34. The van der Waals surface area contributed by atoms with Crippen LogP contribution in [0.5, 0.6) is 5.88 Å². The van der Waals surface area contributed by atoms with E-state index in [1.807, 2.05) is 32.0 Å². The molecule has 0 bridgehead atoms. The highest BCUT2D eigenvalue weighted by molar-refractivity contribution is 9.10. The maximum atomic E-state index is 13.3. The number of hydrogen-bond acceptors (Lipinski definition) is 5. The van der Waals surface area contributed by atoms with Crippen molar-refractivity contribution in [3.05, 3.63) is 61.5 Å². The van der Waals surface area contributed by atoms with Gasteiger partial charge in [0, 0.05) is 40.9 Å². The smallest absolute Gasteiger partial charge is 0.291 e. The minimum absolute atomic E-state index is 0.0336. The number of carbonyl (C=O) groups is 2. The second-order valence-electron chi connectivity index (χ2n) is 9.84. The van der Waals surface area contributed by atoms with E-state index in [0.717, 1.165) is 39.5 Å². The van der Waals surface area contributed by atoms with Crippen LogP contribution < -0.4 is 15.8 Å². The molecule has 10 heteroatoms. The summed E-state index contributed by atoms with van der Waals surface area (Å²) in [7, 11) is 0. The van der Waals surface area contributed by atoms with Crippen molar-refractivity contribution in [2.24, 2.45) is 5.92 Å². The molecule has 1 fully saturated rings. The van der Waals surface area contributed by atoms with Crippen molar-refractivity contribution in [2.75, 3.05) is 11.4 Å². The van der Waals surface area contributed by atoms with Crippen LogP contribution in [-0.2, 0) is 17.8 Å². The van der Waals surface area contributed by atoms with E-state index >= 15 is 0 Å². The van der Waals surface area contributed by atoms with E-state index in [1.165, 1.54) is 6.08 Å². The van der Waals surface area contributed by atoms with Crippen LogP contribution >= 0.6 is 15.9 Å². The largest absolute Gasteiger partial charge is 0.494 e. The average Bonchev–Trinajstić information content (AvgIpc) is 3.42. The summed E-state index contributed by atoms with van der Waals surface area (Å²) in [5.41, 5.74) is 2.38. The molecule has 1 aromatic carbocycles. The second-order valence-corrected chi connectivity index (χ2v) is 10.8. The van der Waals surface area contributed by atoms with Gasteiger partial charge in [0.25, 0.3) is 17.4 Å². The van der Waals surface area contributed by atoms with E-state index in [4.69, 9.17) is 0 Å². The summed E-state index contributed by atoms with van der Waals surface area (Å²) in [5, 5.41) is 18.3. The van der Waals surface area contributed by atoms with E-state index in [0.29, 0.717) is 30.0 Å². The van der Waals surface area contributed by atoms with E-state index in [1.54, 1.807) is 22.5 Å². The maximum absolute atomic E-state index is 13.3. The van der Waals surface area contributed by atoms with Gasteiger partial charge in [-0.3, -0.25) is 19.0 Å². The number of nitrogens with one attached hydrogen (secondary N) is 1. The molecule has 2 N–H and O–H groups in total. The monoisotopic (exact) mass is 553 g/mol. The molecule has 2 aromatic heterocycles. The second kappa shape index (κ2) is 9.24. The van der Waals surface area contributed by atoms with Crippen molar-refractivity contribution in [1.82, 2.24) is 19.5 Å². The van der Waals surface area contributed by atoms with E-state index in [9.17, 15) is 19.5 Å². The zero-order valence-corrected chi connectivity index (χ0v) is 22.0. The minimum Gasteiger partial charge on any atom is -0.494 e. The summed E-state index contributed by atoms with van der Waals surface area (Å²) < 4.78 is 3.67. The highest BCUT2D eigenvalue weighted by Crippen LogP contribution is 2.31. The Bertz CT molecular complexity index is 1480. The van der Waals surface area contributed by atoms with Crippen LogP contribution in [0.3, 0.4) is 0 Å². The minimum atomic E-state index is -0.686. The van der Waals surface area contributed by atoms with Crippen molar-refractivity contribution in [1.29, 1.82) is 0 Å². The third kappa shape index (κ3) is 4.34. The van der Waals surface area contributed by atoms with Crippen molar-refractivity contribution in [3.63, 3.8) is 0 Å². The van der Waals surface area contributed by atoms with Crippen LogP contribution in [0.2, 0.25) is 0 Å². The Morgan fingerprint density at radius 1 is 1.31 bits per heavy atom. The van der Waals surface area contributed by atoms with Crippen molar-refractivity contribution < 1.29 is 14.7 Å². The molecule has 3 aromatic rings. The molecule has 5 rings (SSSR count). The standard InChI is InChI=1S/C26H28BrN5O4/c1-14(2)13-31-24-19(7-9-21(33)30-11-10-16-12-17(27)4-8-20(16)30)15(3)29-32(24)26(36)22(25(31)35)23(34)28-18-5-6-18/h4,7-9,12,14,18,35H,5-6,10-11,13H2,1-3H3,(H,28,34)/b9-7+. The first-order chi connectivity index (χ1) is 17.2. The first kappa shape index (κ1) is 24.3. The summed E-state index contributed by atoms with van der Waals surface area (Å²) in [6.45, 7) is 6.63. The predicted molar refractivity (Wildman–Crippen MR) is 140 cm³/mol. The molecule has 0 spiro atoms. The lowest BCUT2D eigenvalue weighted by atomic mass is 10.1. The Morgan fingerprint density at radius 3 is 2.75 bits per heavy atom. The third-order valence-electron chi connectivity index (χ3n) is 6.51. The highest BCUT2D eigenvalue weighted by atomic mass is 79.9. The van der Waals surface area contributed by atoms with Gasteiger partial charge in [-0.1, -0.05) is 29.8 Å². The summed E-state index contributed by atoms with van der Waals surface area (Å²) in [6.07, 6.45) is 5.60. The number of carbonyl (C=O) groups excluding carboxylic acids is 2. The Morgan fingerprint density at radius 2 is 2.06 bits per heavy atom. The van der Waals surface area contributed by atoms with E-state index in [2.05, 4.69) is 26.3 Å². The van der Waals surface area contributed by atoms with E-state index in [-0.39, 0.29) is 29.3 Å². The lowest BCUT2D eigenvalue weighted by Gasteiger charge is -2.17. The molecule has 0 unspecified atom stereocenters. The number of hydrogen-bond donors (Lipinski definition) is 2. The number of rotatable bonds is 6. The molecule has 36 heavy (non-hydrogen) atoms. The molecule has 0 saturated heterocycles. The topological polar surface area (TPSA) is 109 Å². The molecule has 3 heterocycles. The number of fused-ring (bicyclic) bond motifs is 2. The van der Waals surface area contributed by atoms with Crippen LogP contribution in [0.1, 0.15) is 53.9 Å². The third-order valence-corrected chi connectivity index (χ3v) is 7.00. The van der Waals surface area contributed by atoms with Crippen LogP contribution in [0.4, 0.5) is 5.69 Å². The molecule has 1 aliphatic heterocycles. The summed E-state index contributed by atoms with van der Waals surface area (Å²) in [5.74, 6) is -1.06. The number of amides is 2. The van der Waals surface area contributed by atoms with Crippen LogP contribution in [0, 0.1) is 12.8 Å². The summed E-state index contributed by atoms with van der Waals surface area (Å²) >= 11 is 3.47. The predicted octanol–water partition coefficient (Wildman–Crippen LogP) is 3.42. The normalized spacial score (nSPS) is 15.3. The van der Waals surface area contributed by atoms with Crippen molar-refractivity contribution >= 4 is 45.2 Å². The Kier molecular flexibility index (Phi) is 6.23. The first-order valence-corrected chi connectivity index (χ1v) is 12.9. The highest BCUT2D eigenvalue weighted by Gasteiger charge is 2.30. The fourth-order valence-electron chi connectivity index (χ4n) is 4.63. The Labute approximate surface area is 216 Å². The summed E-state index contributed by atoms with van der Waals surface area (Å²) in [4.78, 5) is 40.9. The van der Waals surface area contributed by atoms with E-state index < -0.39 is 11.5 Å². The number of benzene rings is 1. The van der Waals surface area contributed by atoms with Gasteiger partial charge in [-0.2, -0.15) is 9.61 Å². The zero-order valence-electron chi connectivity index (χ0n) is 20.4. The average molecular weight is 554 g/mol. The number of nitrogens with zero attached hydrogens (tertiary/aromatic N) is 4. The number of halogens is 1. The van der Waals surface area contributed by atoms with Crippen LogP contribution in [0.25, 0.3) is 11.7 Å².